The molecule has 3 aromatic rings. The van der Waals surface area contributed by atoms with Crippen LogP contribution >= 0.6 is 0 Å². The van der Waals surface area contributed by atoms with Crippen LogP contribution in [0.5, 0.6) is 11.5 Å². The number of aliphatic imine (C=N–C) groups is 1. The van der Waals surface area contributed by atoms with E-state index in [4.69, 9.17) is 0 Å². The summed E-state index contributed by atoms with van der Waals surface area (Å²) in [6.07, 6.45) is 6.84. The maximum absolute atomic E-state index is 12.0. The zero-order valence-corrected chi connectivity index (χ0v) is 26.7. The molecule has 6 heteroatoms. The first-order valence-electron chi connectivity index (χ1n) is 13.2. The third-order valence-electron chi connectivity index (χ3n) is 6.32. The minimum absolute atomic E-state index is 0. The number of rotatable bonds is 2. The first-order valence-corrected chi connectivity index (χ1v) is 13.2. The molecule has 39 heavy (non-hydrogen) atoms. The Hall–Kier alpha value is -2.72. The second-order valence-corrected chi connectivity index (χ2v) is 13.9. The summed E-state index contributed by atoms with van der Waals surface area (Å²) in [6, 6.07) is 10.2. The molecule has 1 heterocycles. The third kappa shape index (κ3) is 9.46. The second kappa shape index (κ2) is 12.6. The van der Waals surface area contributed by atoms with Gasteiger partial charge < -0.3 is 10.2 Å². The van der Waals surface area contributed by atoms with Crippen LogP contribution in [0.4, 0.5) is 5.69 Å². The number of aromatic nitrogens is 2. The van der Waals surface area contributed by atoms with Crippen LogP contribution in [-0.2, 0) is 38.2 Å². The van der Waals surface area contributed by atoms with Gasteiger partial charge in [-0.25, -0.2) is 0 Å². The smallest absolute Gasteiger partial charge is 0.873 e. The fraction of sp³-hybridized carbons (Fsp3) is 0.485. The Kier molecular flexibility index (Phi) is 11.1. The maximum atomic E-state index is 12.0. The van der Waals surface area contributed by atoms with Crippen molar-refractivity contribution >= 4 is 11.9 Å². The predicted molar refractivity (Wildman–Crippen MR) is 156 cm³/mol. The van der Waals surface area contributed by atoms with E-state index in [0.29, 0.717) is 11.1 Å². The number of hydrogen-bond acceptors (Lipinski definition) is 5. The van der Waals surface area contributed by atoms with E-state index in [1.165, 1.54) is 11.1 Å². The molecule has 0 N–H and O–H groups in total. The molecule has 5 nitrogen and oxygen atoms in total. The summed E-state index contributed by atoms with van der Waals surface area (Å²) in [5.41, 5.74) is 5.11. The van der Waals surface area contributed by atoms with Crippen LogP contribution in [0.1, 0.15) is 111 Å². The van der Waals surface area contributed by atoms with E-state index < -0.39 is 0 Å². The first-order chi connectivity index (χ1) is 17.2. The van der Waals surface area contributed by atoms with Gasteiger partial charge in [-0.15, -0.1) is 11.5 Å². The van der Waals surface area contributed by atoms with Gasteiger partial charge in [0.25, 0.3) is 0 Å². The summed E-state index contributed by atoms with van der Waals surface area (Å²) in [5.74, 6) is -0.695. The molecule has 0 aliphatic heterocycles. The molecule has 3 rings (SSSR count). The molecule has 0 amide bonds. The van der Waals surface area contributed by atoms with Gasteiger partial charge in [0.2, 0.25) is 0 Å². The van der Waals surface area contributed by atoms with Gasteiger partial charge in [-0.05, 0) is 38.9 Å². The van der Waals surface area contributed by atoms with Crippen molar-refractivity contribution in [1.29, 1.82) is 0 Å². The molecule has 0 bridgehead atoms. The van der Waals surface area contributed by atoms with Crippen LogP contribution in [0.3, 0.4) is 0 Å². The van der Waals surface area contributed by atoms with E-state index in [-0.39, 0.29) is 49.7 Å². The summed E-state index contributed by atoms with van der Waals surface area (Å²) in [4.78, 5) is 13.0. The van der Waals surface area contributed by atoms with Gasteiger partial charge in [0.05, 0.1) is 23.8 Å². The Morgan fingerprint density at radius 3 is 1.49 bits per heavy atom. The summed E-state index contributed by atoms with van der Waals surface area (Å²) in [6.45, 7) is 24.9. The third-order valence-corrected chi connectivity index (χ3v) is 6.32. The standard InChI is InChI=1S/C19H25N3.C14H22O2.Ni/c1-18(2,3)14-7-8-16(19(4,5)6)17(11-14)22-13-15-12-20-9-10-21-15;1-13(2,3)9-7-8-10(14(4,5)6)12(16)11(9)15;/h7-13H,1-6H3;7-8,15-16H,1-6H3;/q;;+2/p-2. The molecule has 0 radical (unpaired) electrons. The van der Waals surface area contributed by atoms with Crippen LogP contribution in [0, 0.1) is 0 Å². The summed E-state index contributed by atoms with van der Waals surface area (Å²) in [5, 5.41) is 23.9. The molecule has 1 aromatic heterocycles. The summed E-state index contributed by atoms with van der Waals surface area (Å²) in [7, 11) is 0. The van der Waals surface area contributed by atoms with Crippen LogP contribution in [0.25, 0.3) is 0 Å². The Labute approximate surface area is 246 Å². The maximum Gasteiger partial charge on any atom is 2.00 e. The van der Waals surface area contributed by atoms with E-state index in [2.05, 4.69) is 74.7 Å². The Balaban J connectivity index is 0.000000399. The molecule has 0 spiro atoms. The second-order valence-electron chi connectivity index (χ2n) is 13.9. The topological polar surface area (TPSA) is 84.3 Å². The van der Waals surface area contributed by atoms with Gasteiger partial charge in [0, 0.05) is 12.4 Å². The van der Waals surface area contributed by atoms with Crippen molar-refractivity contribution in [3.05, 3.63) is 76.9 Å². The van der Waals surface area contributed by atoms with Gasteiger partial charge in [-0.3, -0.25) is 15.0 Å². The van der Waals surface area contributed by atoms with E-state index in [9.17, 15) is 10.2 Å². The summed E-state index contributed by atoms with van der Waals surface area (Å²) >= 11 is 0. The van der Waals surface area contributed by atoms with Crippen LogP contribution in [0.15, 0.2) is 53.9 Å². The monoisotopic (exact) mass is 573 g/mol. The Morgan fingerprint density at radius 2 is 1.10 bits per heavy atom. The SMILES string of the molecule is CC(C)(C)c1ccc(C(C)(C)C)c(N=Cc2cnccn2)c1.CC(C)(C)c1ccc(C(C)(C)C)c([O-])c1[O-].[Ni+2]. The predicted octanol–water partition coefficient (Wildman–Crippen LogP) is 7.25. The zero-order chi connectivity index (χ0) is 29.1. The molecular formula is C33H45N3NiO2. The summed E-state index contributed by atoms with van der Waals surface area (Å²) < 4.78 is 0. The largest absolute Gasteiger partial charge is 2.00 e. The van der Waals surface area contributed by atoms with Crippen molar-refractivity contribution in [3.63, 3.8) is 0 Å². The molecule has 0 aliphatic rings. The average molecular weight is 574 g/mol. The van der Waals surface area contributed by atoms with Gasteiger partial charge >= 0.3 is 16.5 Å². The van der Waals surface area contributed by atoms with Crippen molar-refractivity contribution in [2.24, 2.45) is 4.99 Å². The van der Waals surface area contributed by atoms with Crippen molar-refractivity contribution in [2.45, 2.75) is 105 Å². The van der Waals surface area contributed by atoms with Crippen molar-refractivity contribution in [2.75, 3.05) is 0 Å². The molecule has 0 atom stereocenters. The minimum Gasteiger partial charge on any atom is -0.873 e. The Bertz CT molecular complexity index is 1220. The quantitative estimate of drug-likeness (QED) is 0.239. The van der Waals surface area contributed by atoms with E-state index >= 15 is 0 Å². The fourth-order valence-electron chi connectivity index (χ4n) is 4.00. The first kappa shape index (κ1) is 34.3. The minimum atomic E-state index is -0.347. The van der Waals surface area contributed by atoms with Crippen LogP contribution < -0.4 is 10.2 Å². The van der Waals surface area contributed by atoms with E-state index in [0.717, 1.165) is 11.4 Å². The Morgan fingerprint density at radius 1 is 0.641 bits per heavy atom. The normalized spacial score (nSPS) is 12.5. The molecule has 214 valence electrons. The van der Waals surface area contributed by atoms with Gasteiger partial charge in [-0.2, -0.15) is 0 Å². The molecule has 2 aromatic carbocycles. The van der Waals surface area contributed by atoms with E-state index in [1.54, 1.807) is 36.9 Å². The van der Waals surface area contributed by atoms with Crippen LogP contribution in [0.2, 0.25) is 0 Å². The molecule has 0 fully saturated rings. The number of nitrogens with zero attached hydrogens (tertiary/aromatic N) is 3. The molecule has 0 aliphatic carbocycles. The molecule has 0 unspecified atom stereocenters. The fourth-order valence-corrected chi connectivity index (χ4v) is 4.00. The zero-order valence-electron chi connectivity index (χ0n) is 25.7. The molecular weight excluding hydrogens is 529 g/mol. The van der Waals surface area contributed by atoms with Gasteiger partial charge in [0.15, 0.2) is 0 Å². The molecule has 0 saturated carbocycles. The van der Waals surface area contributed by atoms with Gasteiger partial charge in [0.1, 0.15) is 0 Å². The van der Waals surface area contributed by atoms with Crippen LogP contribution in [-0.4, -0.2) is 16.2 Å². The number of hydrogen-bond donors (Lipinski definition) is 0. The average Bonchev–Trinajstić information content (AvgIpc) is 2.77. The van der Waals surface area contributed by atoms with Crippen molar-refractivity contribution < 1.29 is 26.7 Å². The van der Waals surface area contributed by atoms with Gasteiger partial charge in [-0.1, -0.05) is 118 Å². The van der Waals surface area contributed by atoms with Crippen molar-refractivity contribution in [1.82, 2.24) is 9.97 Å². The number of benzene rings is 2. The molecule has 0 saturated heterocycles. The van der Waals surface area contributed by atoms with Crippen molar-refractivity contribution in [3.8, 4) is 11.5 Å². The van der Waals surface area contributed by atoms with E-state index in [1.807, 2.05) is 41.5 Å².